The number of hydrogen-bond donors (Lipinski definition) is 1. The van der Waals surface area contributed by atoms with Crippen molar-refractivity contribution < 1.29 is 9.53 Å². The zero-order valence-corrected chi connectivity index (χ0v) is 19.1. The molecular weight excluding hydrogens is 430 g/mol. The third-order valence-electron chi connectivity index (χ3n) is 5.61. The molecule has 3 aromatic carbocycles. The molecule has 8 heteroatoms. The molecule has 5 rings (SSSR count). The summed E-state index contributed by atoms with van der Waals surface area (Å²) in [6, 6.07) is 20.5. The number of aryl methyl sites for hydroxylation is 2. The van der Waals surface area contributed by atoms with Crippen LogP contribution in [0.3, 0.4) is 0 Å². The van der Waals surface area contributed by atoms with E-state index in [0.29, 0.717) is 22.7 Å². The summed E-state index contributed by atoms with van der Waals surface area (Å²) < 4.78 is 7.89. The van der Waals surface area contributed by atoms with E-state index in [1.165, 1.54) is 9.08 Å². The van der Waals surface area contributed by atoms with Gasteiger partial charge in [-0.25, -0.2) is 9.78 Å². The zero-order valence-electron chi connectivity index (χ0n) is 19.1. The normalized spacial score (nSPS) is 11.1. The predicted molar refractivity (Wildman–Crippen MR) is 131 cm³/mol. The largest absolute Gasteiger partial charge is 0.497 e. The standard InChI is InChI=1S/C26H23N5O3/c1-16-12-17(2)14-19(13-16)27-23(32)15-30-22-7-5-4-6-21(22)25-28-24(29-31(25)26(30)33)18-8-10-20(34-3)11-9-18/h4-14H,15H2,1-3H3,(H,27,32). The Kier molecular flexibility index (Phi) is 5.33. The quantitative estimate of drug-likeness (QED) is 0.435. The van der Waals surface area contributed by atoms with Crippen LogP contribution in [0.4, 0.5) is 5.69 Å². The van der Waals surface area contributed by atoms with Gasteiger partial charge >= 0.3 is 5.69 Å². The molecule has 2 heterocycles. The number of ether oxygens (including phenoxy) is 1. The Balaban J connectivity index is 1.58. The number of anilines is 1. The number of nitrogens with one attached hydrogen (secondary N) is 1. The highest BCUT2D eigenvalue weighted by atomic mass is 16.5. The number of benzene rings is 3. The minimum atomic E-state index is -0.434. The first-order valence-electron chi connectivity index (χ1n) is 10.8. The van der Waals surface area contributed by atoms with Crippen LogP contribution in [-0.4, -0.2) is 32.2 Å². The number of amides is 1. The van der Waals surface area contributed by atoms with Crippen LogP contribution in [0.2, 0.25) is 0 Å². The number of nitrogens with zero attached hydrogens (tertiary/aromatic N) is 4. The topological polar surface area (TPSA) is 90.5 Å². The molecule has 0 aliphatic carbocycles. The summed E-state index contributed by atoms with van der Waals surface area (Å²) in [6.07, 6.45) is 0. The van der Waals surface area contributed by atoms with Crippen molar-refractivity contribution in [1.82, 2.24) is 19.2 Å². The number of fused-ring (bicyclic) bond motifs is 3. The van der Waals surface area contributed by atoms with E-state index in [2.05, 4.69) is 15.4 Å². The number of carbonyl (C=O) groups is 1. The Morgan fingerprint density at radius 1 is 1.00 bits per heavy atom. The van der Waals surface area contributed by atoms with Crippen molar-refractivity contribution >= 4 is 28.1 Å². The van der Waals surface area contributed by atoms with Crippen LogP contribution >= 0.6 is 0 Å². The van der Waals surface area contributed by atoms with Crippen molar-refractivity contribution in [3.8, 4) is 17.1 Å². The van der Waals surface area contributed by atoms with Crippen LogP contribution in [0.15, 0.2) is 71.5 Å². The molecule has 0 spiro atoms. The lowest BCUT2D eigenvalue weighted by molar-refractivity contribution is -0.116. The molecule has 0 aliphatic heterocycles. The molecular formula is C26H23N5O3. The highest BCUT2D eigenvalue weighted by Crippen LogP contribution is 2.23. The second kappa shape index (κ2) is 8.47. The fourth-order valence-electron chi connectivity index (χ4n) is 4.14. The Labute approximate surface area is 195 Å². The predicted octanol–water partition coefficient (Wildman–Crippen LogP) is 3.98. The van der Waals surface area contributed by atoms with E-state index in [1.807, 2.05) is 80.6 Å². The molecule has 0 atom stereocenters. The van der Waals surface area contributed by atoms with Crippen molar-refractivity contribution in [2.75, 3.05) is 12.4 Å². The fraction of sp³-hybridized carbons (Fsp3) is 0.154. The monoisotopic (exact) mass is 453 g/mol. The second-order valence-corrected chi connectivity index (χ2v) is 8.21. The molecule has 0 aliphatic rings. The number of rotatable bonds is 5. The lowest BCUT2D eigenvalue weighted by Gasteiger charge is -2.12. The maximum Gasteiger partial charge on any atom is 0.351 e. The lowest BCUT2D eigenvalue weighted by Crippen LogP contribution is -2.32. The van der Waals surface area contributed by atoms with E-state index in [-0.39, 0.29) is 12.5 Å². The first-order chi connectivity index (χ1) is 16.4. The zero-order chi connectivity index (χ0) is 23.8. The van der Waals surface area contributed by atoms with E-state index in [0.717, 1.165) is 27.8 Å². The molecule has 0 bridgehead atoms. The molecule has 0 fully saturated rings. The summed E-state index contributed by atoms with van der Waals surface area (Å²) in [5.41, 5.74) is 4.18. The SMILES string of the molecule is COc1ccc(-c2nc3c4ccccc4n(CC(=O)Nc4cc(C)cc(C)c4)c(=O)n3n2)cc1. The molecule has 2 aromatic heterocycles. The number of hydrogen-bond acceptors (Lipinski definition) is 5. The molecule has 0 radical (unpaired) electrons. The Morgan fingerprint density at radius 3 is 2.41 bits per heavy atom. The number of aromatic nitrogens is 4. The maximum absolute atomic E-state index is 13.4. The Bertz CT molecular complexity index is 1580. The summed E-state index contributed by atoms with van der Waals surface area (Å²) in [6.45, 7) is 3.79. The van der Waals surface area contributed by atoms with Gasteiger partial charge in [-0.15, -0.1) is 5.10 Å². The van der Waals surface area contributed by atoms with Crippen LogP contribution in [0.1, 0.15) is 11.1 Å². The molecule has 5 aromatic rings. The first-order valence-corrected chi connectivity index (χ1v) is 10.8. The van der Waals surface area contributed by atoms with Gasteiger partial charge in [0, 0.05) is 16.6 Å². The van der Waals surface area contributed by atoms with E-state index in [1.54, 1.807) is 7.11 Å². The average molecular weight is 454 g/mol. The van der Waals surface area contributed by atoms with Gasteiger partial charge in [-0.3, -0.25) is 9.36 Å². The number of para-hydroxylation sites is 1. The average Bonchev–Trinajstić information content (AvgIpc) is 3.27. The minimum Gasteiger partial charge on any atom is -0.497 e. The summed E-state index contributed by atoms with van der Waals surface area (Å²) >= 11 is 0. The van der Waals surface area contributed by atoms with Gasteiger partial charge in [0.25, 0.3) is 0 Å². The number of methoxy groups -OCH3 is 1. The molecule has 0 unspecified atom stereocenters. The van der Waals surface area contributed by atoms with Gasteiger partial charge in [0.2, 0.25) is 5.91 Å². The molecule has 1 N–H and O–H groups in total. The minimum absolute atomic E-state index is 0.153. The third kappa shape index (κ3) is 3.90. The van der Waals surface area contributed by atoms with E-state index >= 15 is 0 Å². The summed E-state index contributed by atoms with van der Waals surface area (Å²) in [5, 5.41) is 8.09. The van der Waals surface area contributed by atoms with Gasteiger partial charge in [-0.2, -0.15) is 4.52 Å². The van der Waals surface area contributed by atoms with Crippen molar-refractivity contribution in [3.05, 3.63) is 88.3 Å². The summed E-state index contributed by atoms with van der Waals surface area (Å²) in [5.74, 6) is 0.838. The van der Waals surface area contributed by atoms with Gasteiger partial charge in [0.1, 0.15) is 12.3 Å². The van der Waals surface area contributed by atoms with Crippen LogP contribution in [0.25, 0.3) is 27.9 Å². The van der Waals surface area contributed by atoms with Crippen LogP contribution in [0, 0.1) is 13.8 Å². The second-order valence-electron chi connectivity index (χ2n) is 8.21. The third-order valence-corrected chi connectivity index (χ3v) is 5.61. The van der Waals surface area contributed by atoms with E-state index < -0.39 is 5.69 Å². The van der Waals surface area contributed by atoms with Gasteiger partial charge in [0.15, 0.2) is 11.5 Å². The van der Waals surface area contributed by atoms with Crippen LogP contribution in [0.5, 0.6) is 5.75 Å². The fourth-order valence-corrected chi connectivity index (χ4v) is 4.14. The van der Waals surface area contributed by atoms with Crippen molar-refractivity contribution in [2.45, 2.75) is 20.4 Å². The first kappa shape index (κ1) is 21.4. The smallest absolute Gasteiger partial charge is 0.351 e. The van der Waals surface area contributed by atoms with Crippen molar-refractivity contribution in [2.24, 2.45) is 0 Å². The number of carbonyl (C=O) groups excluding carboxylic acids is 1. The van der Waals surface area contributed by atoms with Crippen LogP contribution in [-0.2, 0) is 11.3 Å². The summed E-state index contributed by atoms with van der Waals surface area (Å²) in [7, 11) is 1.60. The molecule has 1 amide bonds. The molecule has 170 valence electrons. The van der Waals surface area contributed by atoms with Gasteiger partial charge < -0.3 is 10.1 Å². The molecule has 8 nitrogen and oxygen atoms in total. The van der Waals surface area contributed by atoms with Gasteiger partial charge in [0.05, 0.1) is 12.6 Å². The molecule has 34 heavy (non-hydrogen) atoms. The molecule has 0 saturated heterocycles. The van der Waals surface area contributed by atoms with Gasteiger partial charge in [-0.1, -0.05) is 18.2 Å². The highest BCUT2D eigenvalue weighted by Gasteiger charge is 2.17. The van der Waals surface area contributed by atoms with Gasteiger partial charge in [-0.05, 0) is 73.5 Å². The van der Waals surface area contributed by atoms with Crippen molar-refractivity contribution in [1.29, 1.82) is 0 Å². The Morgan fingerprint density at radius 2 is 1.71 bits per heavy atom. The van der Waals surface area contributed by atoms with E-state index in [9.17, 15) is 9.59 Å². The van der Waals surface area contributed by atoms with Crippen molar-refractivity contribution in [3.63, 3.8) is 0 Å². The maximum atomic E-state index is 13.4. The Hall–Kier alpha value is -4.46. The van der Waals surface area contributed by atoms with E-state index in [4.69, 9.17) is 4.74 Å². The highest BCUT2D eigenvalue weighted by molar-refractivity contribution is 5.95. The molecule has 0 saturated carbocycles. The van der Waals surface area contributed by atoms with Crippen LogP contribution < -0.4 is 15.7 Å². The lowest BCUT2D eigenvalue weighted by atomic mass is 10.1. The summed E-state index contributed by atoms with van der Waals surface area (Å²) in [4.78, 5) is 30.9.